The summed E-state index contributed by atoms with van der Waals surface area (Å²) in [7, 11) is 2.24. The molecule has 1 saturated carbocycles. The largest absolute Gasteiger partial charge is 0.329 e. The molecule has 0 heterocycles. The van der Waals surface area contributed by atoms with E-state index in [1.54, 1.807) is 0 Å². The fourth-order valence-corrected chi connectivity index (χ4v) is 2.90. The molecule has 2 nitrogen and oxygen atoms in total. The Kier molecular flexibility index (Phi) is 4.07. The van der Waals surface area contributed by atoms with E-state index in [0.29, 0.717) is 11.0 Å². The molecule has 1 aliphatic carbocycles. The van der Waals surface area contributed by atoms with Crippen LogP contribution in [0.3, 0.4) is 0 Å². The van der Waals surface area contributed by atoms with E-state index in [4.69, 9.17) is 5.73 Å². The van der Waals surface area contributed by atoms with Crippen LogP contribution in [0.4, 0.5) is 0 Å². The first-order valence-electron chi connectivity index (χ1n) is 6.61. The van der Waals surface area contributed by atoms with E-state index in [1.165, 1.54) is 12.8 Å². The predicted molar refractivity (Wildman–Crippen MR) is 71.4 cm³/mol. The van der Waals surface area contributed by atoms with Gasteiger partial charge in [-0.2, -0.15) is 0 Å². The van der Waals surface area contributed by atoms with Crippen molar-refractivity contribution in [3.8, 4) is 0 Å². The van der Waals surface area contributed by atoms with Crippen molar-refractivity contribution >= 4 is 0 Å². The van der Waals surface area contributed by atoms with Crippen molar-refractivity contribution in [2.45, 2.75) is 53.0 Å². The molecule has 16 heavy (non-hydrogen) atoms. The maximum absolute atomic E-state index is 6.01. The Morgan fingerprint density at radius 3 is 2.12 bits per heavy atom. The van der Waals surface area contributed by atoms with E-state index < -0.39 is 0 Å². The van der Waals surface area contributed by atoms with Gasteiger partial charge in [-0.3, -0.25) is 4.90 Å². The minimum Gasteiger partial charge on any atom is -0.329 e. The van der Waals surface area contributed by atoms with Gasteiger partial charge in [-0.15, -0.1) is 0 Å². The van der Waals surface area contributed by atoms with Gasteiger partial charge in [0.15, 0.2) is 0 Å². The molecule has 0 spiro atoms. The van der Waals surface area contributed by atoms with Crippen molar-refractivity contribution in [1.29, 1.82) is 0 Å². The molecule has 96 valence electrons. The van der Waals surface area contributed by atoms with E-state index in [-0.39, 0.29) is 0 Å². The molecule has 2 N–H and O–H groups in total. The molecular formula is C14H30N2. The van der Waals surface area contributed by atoms with E-state index in [9.17, 15) is 0 Å². The highest BCUT2D eigenvalue weighted by Crippen LogP contribution is 2.45. The third-order valence-corrected chi connectivity index (χ3v) is 4.13. The van der Waals surface area contributed by atoms with E-state index in [0.717, 1.165) is 24.9 Å². The van der Waals surface area contributed by atoms with Gasteiger partial charge in [0.1, 0.15) is 0 Å². The lowest BCUT2D eigenvalue weighted by Crippen LogP contribution is -2.62. The minimum absolute atomic E-state index is 0.294. The molecule has 0 saturated heterocycles. The second-order valence-electron chi connectivity index (χ2n) is 7.26. The van der Waals surface area contributed by atoms with Crippen LogP contribution < -0.4 is 5.73 Å². The fraction of sp³-hybridized carbons (Fsp3) is 1.00. The van der Waals surface area contributed by atoms with E-state index in [2.05, 4.69) is 46.6 Å². The van der Waals surface area contributed by atoms with E-state index >= 15 is 0 Å². The number of rotatable bonds is 4. The number of nitrogens with zero attached hydrogens (tertiary/aromatic N) is 1. The van der Waals surface area contributed by atoms with Gasteiger partial charge < -0.3 is 5.73 Å². The molecule has 0 unspecified atom stereocenters. The van der Waals surface area contributed by atoms with Gasteiger partial charge >= 0.3 is 0 Å². The number of hydrogen-bond acceptors (Lipinski definition) is 2. The highest BCUT2D eigenvalue weighted by atomic mass is 15.2. The zero-order valence-electron chi connectivity index (χ0n) is 12.0. The summed E-state index contributed by atoms with van der Waals surface area (Å²) in [5.41, 5.74) is 6.66. The lowest BCUT2D eigenvalue weighted by Gasteiger charge is -2.55. The number of nitrogens with two attached hydrogens (primary N) is 1. The summed E-state index contributed by atoms with van der Waals surface area (Å²) in [6, 6.07) is 0. The predicted octanol–water partition coefficient (Wildman–Crippen LogP) is 2.73. The second-order valence-corrected chi connectivity index (χ2v) is 7.26. The molecule has 0 aromatic carbocycles. The summed E-state index contributed by atoms with van der Waals surface area (Å²) >= 11 is 0. The highest BCUT2D eigenvalue weighted by molar-refractivity contribution is 5.03. The number of hydrogen-bond donors (Lipinski definition) is 1. The normalized spacial score (nSPS) is 30.9. The van der Waals surface area contributed by atoms with E-state index in [1.807, 2.05) is 0 Å². The van der Waals surface area contributed by atoms with Crippen LogP contribution in [0.1, 0.15) is 47.5 Å². The lowest BCUT2D eigenvalue weighted by molar-refractivity contribution is -0.0340. The van der Waals surface area contributed by atoms with Gasteiger partial charge in [0, 0.05) is 18.6 Å². The highest BCUT2D eigenvalue weighted by Gasteiger charge is 2.47. The third-order valence-electron chi connectivity index (χ3n) is 4.13. The molecule has 0 bridgehead atoms. The summed E-state index contributed by atoms with van der Waals surface area (Å²) in [4.78, 5) is 2.51. The Labute approximate surface area is 102 Å². The fourth-order valence-electron chi connectivity index (χ4n) is 2.90. The molecule has 0 aromatic heterocycles. The van der Waals surface area contributed by atoms with Crippen LogP contribution in [-0.2, 0) is 0 Å². The molecule has 2 heteroatoms. The molecule has 1 aliphatic rings. The summed E-state index contributed by atoms with van der Waals surface area (Å²) in [5.74, 6) is 1.69. The standard InChI is InChI=1S/C14H30N2/c1-11(2)12-7-14(8-12,9-15)16(6)10-13(3,4)5/h11-12H,7-10,15H2,1-6H3. The smallest absolute Gasteiger partial charge is 0.0334 e. The molecule has 1 fully saturated rings. The summed E-state index contributed by atoms with van der Waals surface area (Å²) in [5, 5.41) is 0. The van der Waals surface area contributed by atoms with Crippen molar-refractivity contribution in [3.63, 3.8) is 0 Å². The van der Waals surface area contributed by atoms with Crippen LogP contribution in [0.2, 0.25) is 0 Å². The Balaban J connectivity index is 2.56. The van der Waals surface area contributed by atoms with Crippen molar-refractivity contribution in [2.75, 3.05) is 20.1 Å². The van der Waals surface area contributed by atoms with Gasteiger partial charge in [0.05, 0.1) is 0 Å². The molecule has 0 atom stereocenters. The molecule has 0 amide bonds. The molecule has 0 aliphatic heterocycles. The molecule has 0 radical (unpaired) electrons. The van der Waals surface area contributed by atoms with Crippen molar-refractivity contribution < 1.29 is 0 Å². The van der Waals surface area contributed by atoms with Gasteiger partial charge in [0.2, 0.25) is 0 Å². The second kappa shape index (κ2) is 4.66. The van der Waals surface area contributed by atoms with Crippen molar-refractivity contribution in [2.24, 2.45) is 23.0 Å². The van der Waals surface area contributed by atoms with Crippen LogP contribution in [-0.4, -0.2) is 30.6 Å². The summed E-state index contributed by atoms with van der Waals surface area (Å²) in [6.45, 7) is 13.5. The molecule has 1 rings (SSSR count). The monoisotopic (exact) mass is 226 g/mol. The average Bonchev–Trinajstić information content (AvgIpc) is 1.98. The third kappa shape index (κ3) is 2.98. The SMILES string of the molecule is CC(C)C1CC(CN)(N(C)CC(C)(C)C)C1. The first kappa shape index (κ1) is 14.0. The maximum atomic E-state index is 6.01. The Bertz CT molecular complexity index is 221. The summed E-state index contributed by atoms with van der Waals surface area (Å²) < 4.78 is 0. The maximum Gasteiger partial charge on any atom is 0.0334 e. The zero-order valence-corrected chi connectivity index (χ0v) is 12.0. The summed E-state index contributed by atoms with van der Waals surface area (Å²) in [6.07, 6.45) is 2.57. The number of likely N-dealkylation sites (N-methyl/N-ethyl adjacent to an activating group) is 1. The van der Waals surface area contributed by atoms with Crippen molar-refractivity contribution in [1.82, 2.24) is 4.90 Å². The van der Waals surface area contributed by atoms with Gasteiger partial charge in [-0.05, 0) is 37.1 Å². The first-order valence-corrected chi connectivity index (χ1v) is 6.61. The Morgan fingerprint density at radius 1 is 1.31 bits per heavy atom. The average molecular weight is 226 g/mol. The van der Waals surface area contributed by atoms with Crippen LogP contribution in [0.25, 0.3) is 0 Å². The van der Waals surface area contributed by atoms with Crippen LogP contribution in [0, 0.1) is 17.3 Å². The van der Waals surface area contributed by atoms with Gasteiger partial charge in [0.25, 0.3) is 0 Å². The molecule has 0 aromatic rings. The molecular weight excluding hydrogens is 196 g/mol. The Morgan fingerprint density at radius 2 is 1.81 bits per heavy atom. The quantitative estimate of drug-likeness (QED) is 0.798. The first-order chi connectivity index (χ1) is 7.20. The van der Waals surface area contributed by atoms with Crippen LogP contribution in [0.5, 0.6) is 0 Å². The minimum atomic E-state index is 0.294. The van der Waals surface area contributed by atoms with Crippen molar-refractivity contribution in [3.05, 3.63) is 0 Å². The topological polar surface area (TPSA) is 29.3 Å². The Hall–Kier alpha value is -0.0800. The lowest BCUT2D eigenvalue weighted by atomic mass is 9.63. The zero-order chi connectivity index (χ0) is 12.6. The van der Waals surface area contributed by atoms with Gasteiger partial charge in [-0.1, -0.05) is 34.6 Å². The van der Waals surface area contributed by atoms with Gasteiger partial charge in [-0.25, -0.2) is 0 Å². The van der Waals surface area contributed by atoms with Crippen LogP contribution >= 0.6 is 0 Å². The van der Waals surface area contributed by atoms with Crippen LogP contribution in [0.15, 0.2) is 0 Å².